The Morgan fingerprint density at radius 1 is 1.24 bits per heavy atom. The predicted molar refractivity (Wildman–Crippen MR) is 122 cm³/mol. The van der Waals surface area contributed by atoms with Crippen molar-refractivity contribution in [3.8, 4) is 0 Å². The van der Waals surface area contributed by atoms with Crippen molar-refractivity contribution in [1.29, 1.82) is 0 Å². The number of carbonyl (C=O) groups excluding carboxylic acids is 1. The van der Waals surface area contributed by atoms with Gasteiger partial charge in [0.15, 0.2) is 0 Å². The van der Waals surface area contributed by atoms with Gasteiger partial charge < -0.3 is 9.67 Å². The molecule has 2 aromatic carbocycles. The highest BCUT2D eigenvalue weighted by molar-refractivity contribution is 8.26. The van der Waals surface area contributed by atoms with Gasteiger partial charge in [0.2, 0.25) is 0 Å². The van der Waals surface area contributed by atoms with Crippen LogP contribution < -0.4 is 0 Å². The fourth-order valence-corrected chi connectivity index (χ4v) is 5.20. The molecule has 1 amide bonds. The predicted octanol–water partition coefficient (Wildman–Crippen LogP) is 4.71. The van der Waals surface area contributed by atoms with Gasteiger partial charge in [-0.15, -0.1) is 0 Å². The van der Waals surface area contributed by atoms with E-state index in [4.69, 9.17) is 17.3 Å². The minimum Gasteiger partial charge on any atom is -0.481 e. The van der Waals surface area contributed by atoms with Gasteiger partial charge in [-0.05, 0) is 48.7 Å². The highest BCUT2D eigenvalue weighted by Crippen LogP contribution is 2.35. The Morgan fingerprint density at radius 2 is 2.00 bits per heavy atom. The molecule has 7 heteroatoms. The summed E-state index contributed by atoms with van der Waals surface area (Å²) in [6.07, 6.45) is 2.29. The zero-order chi connectivity index (χ0) is 20.7. The second kappa shape index (κ2) is 7.65. The number of fused-ring (bicyclic) bond motifs is 3. The van der Waals surface area contributed by atoms with E-state index in [0.717, 1.165) is 16.5 Å². The molecule has 0 unspecified atom stereocenters. The molecule has 29 heavy (non-hydrogen) atoms. The molecule has 1 aliphatic rings. The maximum atomic E-state index is 12.8. The number of para-hydroxylation sites is 1. The molecule has 0 radical (unpaired) electrons. The summed E-state index contributed by atoms with van der Waals surface area (Å²) in [7, 11) is 2.07. The summed E-state index contributed by atoms with van der Waals surface area (Å²) in [6, 6.07) is 12.5. The van der Waals surface area contributed by atoms with Crippen LogP contribution >= 0.6 is 24.0 Å². The summed E-state index contributed by atoms with van der Waals surface area (Å²) < 4.78 is 2.68. The van der Waals surface area contributed by atoms with Crippen molar-refractivity contribution in [3.05, 3.63) is 52.4 Å². The topological polar surface area (TPSA) is 62.5 Å². The number of hydrogen-bond donors (Lipinski definition) is 1. The lowest BCUT2D eigenvalue weighted by Gasteiger charge is -2.13. The molecule has 0 atom stereocenters. The summed E-state index contributed by atoms with van der Waals surface area (Å²) in [5.74, 6) is -1.02. The fraction of sp³-hybridized carbons (Fsp3) is 0.227. The molecule has 4 rings (SSSR count). The number of carbonyl (C=O) groups is 2. The number of aromatic nitrogens is 1. The molecule has 1 N–H and O–H groups in total. The first-order valence-corrected chi connectivity index (χ1v) is 10.5. The Balaban J connectivity index is 1.69. The standard InChI is InChI=1S/C22H20N2O3S2/c1-13-10-14(11-16-15-6-3-4-7-17(15)23(2)20(13)16)12-18-21(27)24(22(28)29-18)9-5-8-19(25)26/h3-4,6-7,10-12H,5,8-9H2,1-2H3,(H,25,26). The van der Waals surface area contributed by atoms with E-state index in [1.54, 1.807) is 0 Å². The molecule has 5 nitrogen and oxygen atoms in total. The lowest BCUT2D eigenvalue weighted by molar-refractivity contribution is -0.137. The van der Waals surface area contributed by atoms with Crippen molar-refractivity contribution in [2.24, 2.45) is 7.05 Å². The molecule has 3 aromatic rings. The number of benzene rings is 2. The molecule has 2 heterocycles. The monoisotopic (exact) mass is 424 g/mol. The smallest absolute Gasteiger partial charge is 0.303 e. The Bertz CT molecular complexity index is 1210. The van der Waals surface area contributed by atoms with Gasteiger partial charge in [0.05, 0.1) is 10.4 Å². The lowest BCUT2D eigenvalue weighted by atomic mass is 10.0. The van der Waals surface area contributed by atoms with Crippen LogP contribution in [0.25, 0.3) is 27.9 Å². The van der Waals surface area contributed by atoms with Gasteiger partial charge in [-0.25, -0.2) is 0 Å². The molecule has 148 valence electrons. The minimum atomic E-state index is -0.871. The van der Waals surface area contributed by atoms with Crippen molar-refractivity contribution in [2.45, 2.75) is 19.8 Å². The van der Waals surface area contributed by atoms with E-state index in [9.17, 15) is 9.59 Å². The first kappa shape index (κ1) is 19.7. The summed E-state index contributed by atoms with van der Waals surface area (Å²) >= 11 is 6.61. The molecule has 0 spiro atoms. The molecule has 0 saturated carbocycles. The summed E-state index contributed by atoms with van der Waals surface area (Å²) in [5, 5.41) is 11.1. The third-order valence-electron chi connectivity index (χ3n) is 5.16. The Morgan fingerprint density at radius 3 is 2.76 bits per heavy atom. The highest BCUT2D eigenvalue weighted by Gasteiger charge is 2.31. The average molecular weight is 425 g/mol. The van der Waals surface area contributed by atoms with E-state index in [1.165, 1.54) is 33.1 Å². The maximum Gasteiger partial charge on any atom is 0.303 e. The van der Waals surface area contributed by atoms with E-state index in [0.29, 0.717) is 22.2 Å². The van der Waals surface area contributed by atoms with Crippen molar-refractivity contribution in [1.82, 2.24) is 9.47 Å². The van der Waals surface area contributed by atoms with Gasteiger partial charge in [0.1, 0.15) is 4.32 Å². The van der Waals surface area contributed by atoms with Crippen LogP contribution in [0.1, 0.15) is 24.0 Å². The van der Waals surface area contributed by atoms with E-state index in [1.807, 2.05) is 18.2 Å². The number of hydrogen-bond acceptors (Lipinski definition) is 4. The van der Waals surface area contributed by atoms with Crippen LogP contribution in [0.15, 0.2) is 41.3 Å². The molecule has 1 aliphatic heterocycles. The minimum absolute atomic E-state index is 0.0209. The molecular formula is C22H20N2O3S2. The van der Waals surface area contributed by atoms with Gasteiger partial charge in [-0.2, -0.15) is 0 Å². The largest absolute Gasteiger partial charge is 0.481 e. The number of thiocarbonyl (C=S) groups is 1. The Kier molecular flexibility index (Phi) is 5.19. The number of aryl methyl sites for hydroxylation is 2. The van der Waals surface area contributed by atoms with E-state index < -0.39 is 5.97 Å². The van der Waals surface area contributed by atoms with Gasteiger partial charge in [-0.3, -0.25) is 14.5 Å². The average Bonchev–Trinajstić information content (AvgIpc) is 3.11. The SMILES string of the molecule is Cc1cc(C=C2SC(=S)N(CCCC(=O)O)C2=O)cc2c3ccccc3n(C)c12. The molecule has 1 saturated heterocycles. The van der Waals surface area contributed by atoms with Gasteiger partial charge in [0.25, 0.3) is 5.91 Å². The van der Waals surface area contributed by atoms with E-state index >= 15 is 0 Å². The molecular weight excluding hydrogens is 404 g/mol. The van der Waals surface area contributed by atoms with E-state index in [2.05, 4.69) is 42.8 Å². The maximum absolute atomic E-state index is 12.8. The third kappa shape index (κ3) is 3.56. The number of aliphatic carboxylic acids is 1. The summed E-state index contributed by atoms with van der Waals surface area (Å²) in [6.45, 7) is 2.41. The quantitative estimate of drug-likeness (QED) is 0.475. The normalized spacial score (nSPS) is 15.9. The number of thioether (sulfide) groups is 1. The van der Waals surface area contributed by atoms with Crippen molar-refractivity contribution < 1.29 is 14.7 Å². The zero-order valence-corrected chi connectivity index (χ0v) is 17.8. The Labute approximate surface area is 178 Å². The van der Waals surface area contributed by atoms with Crippen molar-refractivity contribution >= 4 is 68.1 Å². The number of rotatable bonds is 5. The molecule has 0 aliphatic carbocycles. The number of nitrogens with zero attached hydrogens (tertiary/aromatic N) is 2. The van der Waals surface area contributed by atoms with Gasteiger partial charge >= 0.3 is 5.97 Å². The summed E-state index contributed by atoms with van der Waals surface area (Å²) in [4.78, 5) is 25.6. The highest BCUT2D eigenvalue weighted by atomic mass is 32.2. The lowest BCUT2D eigenvalue weighted by Crippen LogP contribution is -2.29. The zero-order valence-electron chi connectivity index (χ0n) is 16.1. The first-order valence-electron chi connectivity index (χ1n) is 9.32. The number of carboxylic acids is 1. The first-order chi connectivity index (χ1) is 13.9. The molecule has 1 aromatic heterocycles. The van der Waals surface area contributed by atoms with Crippen LogP contribution in [0.5, 0.6) is 0 Å². The van der Waals surface area contributed by atoms with Crippen molar-refractivity contribution in [3.63, 3.8) is 0 Å². The Hall–Kier alpha value is -2.64. The third-order valence-corrected chi connectivity index (χ3v) is 6.54. The van der Waals surface area contributed by atoms with Crippen LogP contribution in [-0.4, -0.2) is 37.3 Å². The van der Waals surface area contributed by atoms with Crippen LogP contribution in [0.4, 0.5) is 0 Å². The van der Waals surface area contributed by atoms with E-state index in [-0.39, 0.29) is 12.3 Å². The van der Waals surface area contributed by atoms with Crippen molar-refractivity contribution in [2.75, 3.05) is 6.54 Å². The van der Waals surface area contributed by atoms with Crippen LogP contribution in [0, 0.1) is 6.92 Å². The second-order valence-electron chi connectivity index (χ2n) is 7.14. The number of carboxylic acid groups (broad SMARTS) is 1. The molecule has 0 bridgehead atoms. The fourth-order valence-electron chi connectivity index (χ4n) is 3.89. The van der Waals surface area contributed by atoms with Gasteiger partial charge in [0, 0.05) is 36.3 Å². The van der Waals surface area contributed by atoms with Gasteiger partial charge in [-0.1, -0.05) is 42.2 Å². The summed E-state index contributed by atoms with van der Waals surface area (Å²) in [5.41, 5.74) is 4.46. The van der Waals surface area contributed by atoms with Crippen LogP contribution in [-0.2, 0) is 16.6 Å². The van der Waals surface area contributed by atoms with Crippen LogP contribution in [0.2, 0.25) is 0 Å². The second-order valence-corrected chi connectivity index (χ2v) is 8.82. The molecule has 1 fully saturated rings. The van der Waals surface area contributed by atoms with Crippen LogP contribution in [0.3, 0.4) is 0 Å². The number of amides is 1.